The smallest absolute Gasteiger partial charge is 0.224 e. The highest BCUT2D eigenvalue weighted by Crippen LogP contribution is 2.23. The van der Waals surface area contributed by atoms with Crippen LogP contribution >= 0.6 is 11.6 Å². The Balaban J connectivity index is 2.74. The van der Waals surface area contributed by atoms with Gasteiger partial charge in [-0.2, -0.15) is 0 Å². The molecule has 4 heteroatoms. The number of carbonyl (C=O) groups excluding carboxylic acids is 1. The third-order valence-electron chi connectivity index (χ3n) is 2.50. The molecule has 0 heterocycles. The molecular formula is C15H18ClNO2. The van der Waals surface area contributed by atoms with Crippen molar-refractivity contribution in [3.05, 3.63) is 28.8 Å². The molecule has 0 aromatic heterocycles. The van der Waals surface area contributed by atoms with E-state index in [0.717, 1.165) is 6.42 Å². The minimum atomic E-state index is -0.196. The van der Waals surface area contributed by atoms with Crippen LogP contribution in [-0.4, -0.2) is 17.6 Å². The fraction of sp³-hybridized carbons (Fsp3) is 0.400. The van der Waals surface area contributed by atoms with Crippen LogP contribution in [0.1, 0.15) is 32.3 Å². The van der Waals surface area contributed by atoms with Gasteiger partial charge in [-0.3, -0.25) is 4.79 Å². The molecule has 0 atom stereocenters. The number of rotatable bonds is 4. The summed E-state index contributed by atoms with van der Waals surface area (Å²) in [4.78, 5) is 11.7. The highest BCUT2D eigenvalue weighted by molar-refractivity contribution is 6.33. The number of aliphatic hydroxyl groups is 1. The van der Waals surface area contributed by atoms with Gasteiger partial charge in [0.2, 0.25) is 5.91 Å². The van der Waals surface area contributed by atoms with E-state index in [-0.39, 0.29) is 12.5 Å². The fourth-order valence-corrected chi connectivity index (χ4v) is 1.64. The van der Waals surface area contributed by atoms with Gasteiger partial charge in [0, 0.05) is 12.0 Å². The van der Waals surface area contributed by atoms with E-state index < -0.39 is 0 Å². The zero-order valence-corrected chi connectivity index (χ0v) is 11.9. The van der Waals surface area contributed by atoms with Crippen molar-refractivity contribution in [2.75, 3.05) is 11.9 Å². The Labute approximate surface area is 119 Å². The van der Waals surface area contributed by atoms with E-state index in [9.17, 15) is 4.79 Å². The Kier molecular flexibility index (Phi) is 6.41. The largest absolute Gasteiger partial charge is 0.384 e. The minimum absolute atomic E-state index is 0.0529. The van der Waals surface area contributed by atoms with Crippen molar-refractivity contribution in [2.45, 2.75) is 26.7 Å². The second-order valence-electron chi connectivity index (χ2n) is 4.64. The van der Waals surface area contributed by atoms with Crippen LogP contribution < -0.4 is 5.32 Å². The number of nitrogens with one attached hydrogen (secondary N) is 1. The van der Waals surface area contributed by atoms with Crippen molar-refractivity contribution in [1.82, 2.24) is 0 Å². The molecule has 102 valence electrons. The van der Waals surface area contributed by atoms with Crippen molar-refractivity contribution in [2.24, 2.45) is 5.92 Å². The molecule has 1 rings (SSSR count). The molecule has 0 fully saturated rings. The summed E-state index contributed by atoms with van der Waals surface area (Å²) in [6.45, 7) is 3.95. The molecule has 1 aromatic carbocycles. The van der Waals surface area contributed by atoms with Gasteiger partial charge in [-0.05, 0) is 30.5 Å². The molecule has 0 radical (unpaired) electrons. The normalized spacial score (nSPS) is 9.95. The highest BCUT2D eigenvalue weighted by Gasteiger charge is 2.07. The number of halogens is 1. The topological polar surface area (TPSA) is 49.3 Å². The summed E-state index contributed by atoms with van der Waals surface area (Å²) in [5, 5.41) is 11.9. The zero-order chi connectivity index (χ0) is 14.3. The Morgan fingerprint density at radius 1 is 1.47 bits per heavy atom. The van der Waals surface area contributed by atoms with Crippen molar-refractivity contribution in [3.8, 4) is 11.8 Å². The lowest BCUT2D eigenvalue weighted by Crippen LogP contribution is -2.12. The van der Waals surface area contributed by atoms with Crippen molar-refractivity contribution >= 4 is 23.2 Å². The Bertz CT molecular complexity index is 501. The lowest BCUT2D eigenvalue weighted by Gasteiger charge is -2.08. The molecule has 3 nitrogen and oxygen atoms in total. The van der Waals surface area contributed by atoms with Gasteiger partial charge in [-0.1, -0.05) is 37.3 Å². The number of carbonyl (C=O) groups is 1. The first-order chi connectivity index (χ1) is 9.02. The second-order valence-corrected chi connectivity index (χ2v) is 5.04. The Morgan fingerprint density at radius 3 is 2.84 bits per heavy atom. The molecule has 0 aliphatic carbocycles. The lowest BCUT2D eigenvalue weighted by atomic mass is 10.1. The first-order valence-electron chi connectivity index (χ1n) is 6.22. The van der Waals surface area contributed by atoms with E-state index in [1.54, 1.807) is 18.2 Å². The van der Waals surface area contributed by atoms with Crippen molar-refractivity contribution in [1.29, 1.82) is 0 Å². The van der Waals surface area contributed by atoms with Crippen LogP contribution in [-0.2, 0) is 4.79 Å². The summed E-state index contributed by atoms with van der Waals surface area (Å²) in [7, 11) is 0. The van der Waals surface area contributed by atoms with Crippen LogP contribution in [0.15, 0.2) is 18.2 Å². The highest BCUT2D eigenvalue weighted by atomic mass is 35.5. The molecule has 0 saturated heterocycles. The number of aliphatic hydroxyl groups excluding tert-OH is 1. The summed E-state index contributed by atoms with van der Waals surface area (Å²) >= 11 is 6.02. The van der Waals surface area contributed by atoms with Crippen LogP contribution in [0, 0.1) is 17.8 Å². The van der Waals surface area contributed by atoms with Crippen molar-refractivity contribution in [3.63, 3.8) is 0 Å². The van der Waals surface area contributed by atoms with Gasteiger partial charge in [0.25, 0.3) is 0 Å². The Hall–Kier alpha value is -1.50. The van der Waals surface area contributed by atoms with Gasteiger partial charge in [0.05, 0.1) is 10.7 Å². The molecule has 0 aliphatic rings. The molecule has 2 N–H and O–H groups in total. The first-order valence-corrected chi connectivity index (χ1v) is 6.60. The van der Waals surface area contributed by atoms with Crippen LogP contribution in [0.4, 0.5) is 5.69 Å². The van der Waals surface area contributed by atoms with Gasteiger partial charge in [0.15, 0.2) is 0 Å². The minimum Gasteiger partial charge on any atom is -0.384 e. The van der Waals surface area contributed by atoms with Crippen molar-refractivity contribution < 1.29 is 9.90 Å². The maximum absolute atomic E-state index is 11.7. The Morgan fingerprint density at radius 2 is 2.21 bits per heavy atom. The van der Waals surface area contributed by atoms with Crippen LogP contribution in [0.2, 0.25) is 5.02 Å². The van der Waals surface area contributed by atoms with E-state index >= 15 is 0 Å². The molecule has 0 bridgehead atoms. The van der Waals surface area contributed by atoms with E-state index in [1.807, 2.05) is 0 Å². The number of anilines is 1. The van der Waals surface area contributed by atoms with Gasteiger partial charge in [-0.25, -0.2) is 0 Å². The molecule has 19 heavy (non-hydrogen) atoms. The first kappa shape index (κ1) is 15.6. The molecule has 0 aliphatic heterocycles. The third kappa shape index (κ3) is 5.78. The average Bonchev–Trinajstić information content (AvgIpc) is 2.37. The van der Waals surface area contributed by atoms with E-state index in [2.05, 4.69) is 31.0 Å². The monoisotopic (exact) mass is 279 g/mol. The summed E-state index contributed by atoms with van der Waals surface area (Å²) in [6.07, 6.45) is 1.31. The number of amides is 1. The van der Waals surface area contributed by atoms with E-state index in [1.165, 1.54) is 0 Å². The SMILES string of the molecule is CC(C)CCC(=O)Nc1cc(C#CCO)ccc1Cl. The molecule has 0 saturated carbocycles. The maximum atomic E-state index is 11.7. The number of benzene rings is 1. The summed E-state index contributed by atoms with van der Waals surface area (Å²) in [6, 6.07) is 5.13. The van der Waals surface area contributed by atoms with E-state index in [0.29, 0.717) is 28.6 Å². The molecule has 0 spiro atoms. The molecule has 1 amide bonds. The zero-order valence-electron chi connectivity index (χ0n) is 11.2. The molecule has 1 aromatic rings. The average molecular weight is 280 g/mol. The number of hydrogen-bond acceptors (Lipinski definition) is 2. The standard InChI is InChI=1S/C15H18ClNO2/c1-11(2)5-8-15(19)17-14-10-12(4-3-9-18)6-7-13(14)16/h6-7,10-11,18H,5,8-9H2,1-2H3,(H,17,19). The van der Waals surface area contributed by atoms with Gasteiger partial charge < -0.3 is 10.4 Å². The van der Waals surface area contributed by atoms with Gasteiger partial charge in [-0.15, -0.1) is 0 Å². The summed E-state index contributed by atoms with van der Waals surface area (Å²) in [5.74, 6) is 5.77. The predicted octanol–water partition coefficient (Wildman–Crippen LogP) is 3.06. The fourth-order valence-electron chi connectivity index (χ4n) is 1.47. The van der Waals surface area contributed by atoms with Crippen LogP contribution in [0.5, 0.6) is 0 Å². The summed E-state index contributed by atoms with van der Waals surface area (Å²) in [5.41, 5.74) is 1.26. The van der Waals surface area contributed by atoms with Crippen LogP contribution in [0.3, 0.4) is 0 Å². The lowest BCUT2D eigenvalue weighted by molar-refractivity contribution is -0.116. The molecular weight excluding hydrogens is 262 g/mol. The predicted molar refractivity (Wildman–Crippen MR) is 78.1 cm³/mol. The van der Waals surface area contributed by atoms with E-state index in [4.69, 9.17) is 16.7 Å². The van der Waals surface area contributed by atoms with Crippen LogP contribution in [0.25, 0.3) is 0 Å². The van der Waals surface area contributed by atoms with Gasteiger partial charge in [0.1, 0.15) is 6.61 Å². The quantitative estimate of drug-likeness (QED) is 0.832. The number of hydrogen-bond donors (Lipinski definition) is 2. The summed E-state index contributed by atoms with van der Waals surface area (Å²) < 4.78 is 0. The second kappa shape index (κ2) is 7.83. The third-order valence-corrected chi connectivity index (χ3v) is 2.83. The molecule has 0 unspecified atom stereocenters. The maximum Gasteiger partial charge on any atom is 0.224 e. The van der Waals surface area contributed by atoms with Gasteiger partial charge >= 0.3 is 0 Å².